The van der Waals surface area contributed by atoms with E-state index in [1.807, 2.05) is 0 Å². The van der Waals surface area contributed by atoms with Crippen LogP contribution < -0.4 is 0 Å². The van der Waals surface area contributed by atoms with Gasteiger partial charge in [-0.1, -0.05) is 31.5 Å². The summed E-state index contributed by atoms with van der Waals surface area (Å²) in [5.74, 6) is 0. The van der Waals surface area contributed by atoms with E-state index >= 15 is 0 Å². The van der Waals surface area contributed by atoms with Crippen molar-refractivity contribution in [3.05, 3.63) is 36.0 Å². The summed E-state index contributed by atoms with van der Waals surface area (Å²) in [5.41, 5.74) is 2.59. The molecule has 2 rings (SSSR count). The van der Waals surface area contributed by atoms with Gasteiger partial charge in [0.2, 0.25) is 0 Å². The molecule has 138 valence electrons. The predicted molar refractivity (Wildman–Crippen MR) is 111 cm³/mol. The Labute approximate surface area is 164 Å². The molecule has 0 radical (unpaired) electrons. The summed E-state index contributed by atoms with van der Waals surface area (Å²) in [7, 11) is 4.20. The van der Waals surface area contributed by atoms with Crippen molar-refractivity contribution >= 4 is 54.4 Å². The number of fused-ring (bicyclic) bond motifs is 1. The molecule has 0 spiro atoms. The highest BCUT2D eigenvalue weighted by Gasteiger charge is 2.16. The molecule has 6 heteroatoms. The molecule has 1 heterocycles. The van der Waals surface area contributed by atoms with Crippen LogP contribution in [0.25, 0.3) is 10.9 Å². The number of likely N-dealkylation sites (N-methyl/N-ethyl adjacent to an activating group) is 1. The van der Waals surface area contributed by atoms with Crippen LogP contribution in [-0.4, -0.2) is 36.4 Å². The van der Waals surface area contributed by atoms with Crippen LogP contribution >= 0.6 is 37.2 Å². The molecule has 0 N–H and O–H groups in total. The maximum atomic E-state index is 11.1. The second-order valence-electron chi connectivity index (χ2n) is 5.96. The molecule has 0 saturated heterocycles. The Kier molecular flexibility index (Phi) is 13.4. The van der Waals surface area contributed by atoms with Crippen LogP contribution in [0.15, 0.2) is 30.3 Å². The smallest absolute Gasteiger partial charge is 0.122 e. The Bertz CT molecular complexity index is 599. The summed E-state index contributed by atoms with van der Waals surface area (Å²) < 4.78 is 2.40. The number of aldehydes is 1. The number of carbonyl (C=O) groups is 1. The van der Waals surface area contributed by atoms with Crippen molar-refractivity contribution in [2.45, 2.75) is 38.6 Å². The number of halogens is 3. The zero-order valence-corrected chi connectivity index (χ0v) is 17.1. The monoisotopic (exact) mass is 394 g/mol. The maximum Gasteiger partial charge on any atom is 0.122 e. The fourth-order valence-electron chi connectivity index (χ4n) is 2.99. The van der Waals surface area contributed by atoms with E-state index in [9.17, 15) is 4.79 Å². The molecule has 2 aromatic rings. The van der Waals surface area contributed by atoms with Crippen molar-refractivity contribution in [1.82, 2.24) is 9.47 Å². The van der Waals surface area contributed by atoms with Crippen LogP contribution in [0.2, 0.25) is 0 Å². The van der Waals surface area contributed by atoms with Crippen LogP contribution in [0.5, 0.6) is 0 Å². The average Bonchev–Trinajstić information content (AvgIpc) is 2.83. The van der Waals surface area contributed by atoms with Crippen molar-refractivity contribution in [2.75, 3.05) is 20.6 Å². The fraction of sp³-hybridized carbons (Fsp3) is 0.500. The molecular formula is C18H29Cl3N2O. The van der Waals surface area contributed by atoms with E-state index in [0.717, 1.165) is 32.1 Å². The van der Waals surface area contributed by atoms with E-state index in [0.29, 0.717) is 6.42 Å². The molecule has 1 unspecified atom stereocenters. The van der Waals surface area contributed by atoms with E-state index < -0.39 is 0 Å². The van der Waals surface area contributed by atoms with Gasteiger partial charge in [-0.3, -0.25) is 0 Å². The summed E-state index contributed by atoms with van der Waals surface area (Å²) in [6.45, 7) is 3.21. The van der Waals surface area contributed by atoms with Gasteiger partial charge < -0.3 is 14.3 Å². The number of rotatable bonds is 8. The molecule has 1 aromatic carbocycles. The summed E-state index contributed by atoms with van der Waals surface area (Å²) in [5, 5.41) is 1.28. The zero-order valence-electron chi connectivity index (χ0n) is 14.6. The summed E-state index contributed by atoms with van der Waals surface area (Å²) in [6.07, 6.45) is 4.82. The third-order valence-corrected chi connectivity index (χ3v) is 4.00. The molecule has 24 heavy (non-hydrogen) atoms. The molecule has 0 aliphatic rings. The zero-order chi connectivity index (χ0) is 15.2. The number of hydrogen-bond donors (Lipinski definition) is 0. The highest BCUT2D eigenvalue weighted by Crippen LogP contribution is 2.28. The molecule has 1 atom stereocenters. The van der Waals surface area contributed by atoms with Gasteiger partial charge in [0.25, 0.3) is 0 Å². The van der Waals surface area contributed by atoms with Gasteiger partial charge in [-0.15, -0.1) is 37.2 Å². The van der Waals surface area contributed by atoms with Gasteiger partial charge in [-0.25, -0.2) is 0 Å². The van der Waals surface area contributed by atoms with Crippen molar-refractivity contribution < 1.29 is 4.79 Å². The standard InChI is InChI=1S/C18H26N2O.3ClH/c1-4-7-16(11-13-21)20-17(10-12-19(2)3)14-15-8-5-6-9-18(15)20;;;/h5-6,8-9,13-14,16H,4,7,10-12H2,1-3H3;3*1H. The highest BCUT2D eigenvalue weighted by atomic mass is 35.5. The molecular weight excluding hydrogens is 367 g/mol. The topological polar surface area (TPSA) is 25.2 Å². The van der Waals surface area contributed by atoms with Crippen LogP contribution in [0, 0.1) is 0 Å². The first-order valence-corrected chi connectivity index (χ1v) is 7.84. The Morgan fingerprint density at radius 2 is 1.83 bits per heavy atom. The van der Waals surface area contributed by atoms with E-state index in [4.69, 9.17) is 0 Å². The number of nitrogens with zero attached hydrogens (tertiary/aromatic N) is 2. The molecule has 1 aromatic heterocycles. The van der Waals surface area contributed by atoms with Crippen molar-refractivity contribution in [3.63, 3.8) is 0 Å². The summed E-state index contributed by atoms with van der Waals surface area (Å²) in [6, 6.07) is 11.1. The second kappa shape index (κ2) is 12.6. The molecule has 0 aliphatic heterocycles. The first-order valence-electron chi connectivity index (χ1n) is 7.84. The van der Waals surface area contributed by atoms with E-state index in [1.54, 1.807) is 0 Å². The quantitative estimate of drug-likeness (QED) is 0.591. The van der Waals surface area contributed by atoms with E-state index in [-0.39, 0.29) is 43.3 Å². The lowest BCUT2D eigenvalue weighted by atomic mass is 10.1. The number of carbonyl (C=O) groups excluding carboxylic acids is 1. The average molecular weight is 396 g/mol. The normalized spacial score (nSPS) is 11.3. The van der Waals surface area contributed by atoms with Crippen LogP contribution in [0.1, 0.15) is 37.9 Å². The van der Waals surface area contributed by atoms with Crippen molar-refractivity contribution in [3.8, 4) is 0 Å². The Morgan fingerprint density at radius 1 is 1.17 bits per heavy atom. The molecule has 0 bridgehead atoms. The van der Waals surface area contributed by atoms with Crippen LogP contribution in [0.3, 0.4) is 0 Å². The van der Waals surface area contributed by atoms with Crippen LogP contribution in [0.4, 0.5) is 0 Å². The Balaban J connectivity index is 0. The van der Waals surface area contributed by atoms with Crippen LogP contribution in [-0.2, 0) is 11.2 Å². The minimum Gasteiger partial charge on any atom is -0.341 e. The van der Waals surface area contributed by atoms with E-state index in [2.05, 4.69) is 60.8 Å². The van der Waals surface area contributed by atoms with E-state index in [1.165, 1.54) is 16.6 Å². The first-order chi connectivity index (χ1) is 10.2. The maximum absolute atomic E-state index is 11.1. The predicted octanol–water partition coefficient (Wildman–Crippen LogP) is 4.94. The van der Waals surface area contributed by atoms with Gasteiger partial charge in [0, 0.05) is 36.6 Å². The third-order valence-electron chi connectivity index (χ3n) is 4.00. The number of hydrogen-bond acceptors (Lipinski definition) is 2. The molecule has 0 fully saturated rings. The van der Waals surface area contributed by atoms with Crippen molar-refractivity contribution in [2.24, 2.45) is 0 Å². The van der Waals surface area contributed by atoms with Gasteiger partial charge in [-0.2, -0.15) is 0 Å². The highest BCUT2D eigenvalue weighted by molar-refractivity contribution is 5.86. The molecule has 0 aliphatic carbocycles. The Morgan fingerprint density at radius 3 is 2.42 bits per heavy atom. The third kappa shape index (κ3) is 6.29. The SMILES string of the molecule is CCCC(CC=O)n1c(CCN(C)C)cc2ccccc21.Cl.Cl.Cl. The second-order valence-corrected chi connectivity index (χ2v) is 5.96. The molecule has 0 saturated carbocycles. The minimum absolute atomic E-state index is 0. The largest absolute Gasteiger partial charge is 0.341 e. The number of aromatic nitrogens is 1. The number of para-hydroxylation sites is 1. The number of benzene rings is 1. The lowest BCUT2D eigenvalue weighted by Gasteiger charge is -2.21. The fourth-order valence-corrected chi connectivity index (χ4v) is 2.99. The molecule has 0 amide bonds. The van der Waals surface area contributed by atoms with Gasteiger partial charge in [0.05, 0.1) is 0 Å². The van der Waals surface area contributed by atoms with Gasteiger partial charge in [0.1, 0.15) is 6.29 Å². The van der Waals surface area contributed by atoms with Gasteiger partial charge in [-0.05, 0) is 38.0 Å². The summed E-state index contributed by atoms with van der Waals surface area (Å²) >= 11 is 0. The minimum atomic E-state index is 0. The molecule has 3 nitrogen and oxygen atoms in total. The van der Waals surface area contributed by atoms with Gasteiger partial charge >= 0.3 is 0 Å². The lowest BCUT2D eigenvalue weighted by Crippen LogP contribution is -2.19. The lowest BCUT2D eigenvalue weighted by molar-refractivity contribution is -0.108. The first kappa shape index (κ1) is 25.5. The van der Waals surface area contributed by atoms with Crippen molar-refractivity contribution in [1.29, 1.82) is 0 Å². The summed E-state index contributed by atoms with van der Waals surface area (Å²) in [4.78, 5) is 13.3. The Hall–Kier alpha value is -0.740. The van der Waals surface area contributed by atoms with Gasteiger partial charge in [0.15, 0.2) is 0 Å².